The maximum atomic E-state index is 12.5. The first-order valence-corrected chi connectivity index (χ1v) is 8.28. The van der Waals surface area contributed by atoms with Crippen molar-refractivity contribution in [2.45, 2.75) is 25.6 Å². The van der Waals surface area contributed by atoms with Crippen molar-refractivity contribution in [3.05, 3.63) is 29.8 Å². The molecule has 1 aromatic carbocycles. The Balaban J connectivity index is 1.94. The first kappa shape index (κ1) is 19.9. The second kappa shape index (κ2) is 8.29. The number of rotatable bonds is 3. The van der Waals surface area contributed by atoms with E-state index < -0.39 is 12.1 Å². The Hall–Kier alpha value is -2.45. The molecule has 1 aromatic rings. The molecule has 2 rings (SSSR count). The molecule has 0 radical (unpaired) electrons. The van der Waals surface area contributed by atoms with Crippen LogP contribution in [0.15, 0.2) is 24.3 Å². The smallest absolute Gasteiger partial charge is 0.471 e. The SMILES string of the molecule is COc1cccc([C@@H](C)NC(=O)N2CCCN(C(=O)C(F)(F)F)CC2)c1. The average Bonchev–Trinajstić information content (AvgIpc) is 2.86. The van der Waals surface area contributed by atoms with Crippen molar-refractivity contribution in [3.8, 4) is 5.75 Å². The maximum Gasteiger partial charge on any atom is 0.471 e. The van der Waals surface area contributed by atoms with Crippen LogP contribution in [0.3, 0.4) is 0 Å². The van der Waals surface area contributed by atoms with Crippen LogP contribution in [-0.4, -0.2) is 61.2 Å². The molecular formula is C17H22F3N3O3. The summed E-state index contributed by atoms with van der Waals surface area (Å²) in [5.41, 5.74) is 0.849. The summed E-state index contributed by atoms with van der Waals surface area (Å²) in [7, 11) is 1.55. The number of hydrogen-bond donors (Lipinski definition) is 1. The summed E-state index contributed by atoms with van der Waals surface area (Å²) in [5, 5.41) is 2.83. The van der Waals surface area contributed by atoms with Gasteiger partial charge < -0.3 is 19.9 Å². The zero-order valence-corrected chi connectivity index (χ0v) is 14.7. The highest BCUT2D eigenvalue weighted by molar-refractivity contribution is 5.82. The number of alkyl halides is 3. The van der Waals surface area contributed by atoms with Crippen LogP contribution in [0.25, 0.3) is 0 Å². The Morgan fingerprint density at radius 2 is 1.81 bits per heavy atom. The number of ether oxygens (including phenoxy) is 1. The van der Waals surface area contributed by atoms with Gasteiger partial charge in [-0.05, 0) is 31.0 Å². The Morgan fingerprint density at radius 3 is 2.46 bits per heavy atom. The summed E-state index contributed by atoms with van der Waals surface area (Å²) >= 11 is 0. The van der Waals surface area contributed by atoms with Crippen LogP contribution in [0.5, 0.6) is 5.75 Å². The molecule has 1 saturated heterocycles. The number of halogens is 3. The van der Waals surface area contributed by atoms with Crippen molar-refractivity contribution >= 4 is 11.9 Å². The van der Waals surface area contributed by atoms with E-state index in [4.69, 9.17) is 4.74 Å². The molecule has 6 nitrogen and oxygen atoms in total. The molecule has 1 aliphatic rings. The van der Waals surface area contributed by atoms with E-state index >= 15 is 0 Å². The van der Waals surface area contributed by atoms with Gasteiger partial charge in [0.1, 0.15) is 5.75 Å². The largest absolute Gasteiger partial charge is 0.497 e. The third-order valence-corrected chi connectivity index (χ3v) is 4.25. The van der Waals surface area contributed by atoms with Gasteiger partial charge in [0.15, 0.2) is 0 Å². The molecule has 0 aliphatic carbocycles. The molecule has 1 heterocycles. The minimum absolute atomic E-state index is 0.0203. The Morgan fingerprint density at radius 1 is 1.15 bits per heavy atom. The fourth-order valence-electron chi connectivity index (χ4n) is 2.77. The molecule has 1 N–H and O–H groups in total. The minimum atomic E-state index is -4.89. The highest BCUT2D eigenvalue weighted by Crippen LogP contribution is 2.21. The van der Waals surface area contributed by atoms with E-state index in [-0.39, 0.29) is 38.3 Å². The second-order valence-corrected chi connectivity index (χ2v) is 6.08. The Labute approximate surface area is 149 Å². The summed E-state index contributed by atoms with van der Waals surface area (Å²) in [4.78, 5) is 25.9. The number of methoxy groups -OCH3 is 1. The molecule has 9 heteroatoms. The van der Waals surface area contributed by atoms with Gasteiger partial charge in [0, 0.05) is 26.2 Å². The predicted molar refractivity (Wildman–Crippen MR) is 88.8 cm³/mol. The molecule has 0 aromatic heterocycles. The van der Waals surface area contributed by atoms with E-state index in [0.717, 1.165) is 10.5 Å². The van der Waals surface area contributed by atoms with Crippen molar-refractivity contribution in [1.29, 1.82) is 0 Å². The molecule has 3 amide bonds. The number of urea groups is 1. The lowest BCUT2D eigenvalue weighted by Gasteiger charge is -2.25. The number of carbonyl (C=O) groups excluding carboxylic acids is 2. The van der Waals surface area contributed by atoms with Crippen LogP contribution in [-0.2, 0) is 4.79 Å². The fraction of sp³-hybridized carbons (Fsp3) is 0.529. The van der Waals surface area contributed by atoms with Gasteiger partial charge in [-0.25, -0.2) is 4.79 Å². The minimum Gasteiger partial charge on any atom is -0.497 e. The Bertz CT molecular complexity index is 652. The third kappa shape index (κ3) is 5.03. The van der Waals surface area contributed by atoms with Gasteiger partial charge in [0.25, 0.3) is 0 Å². The highest BCUT2D eigenvalue weighted by atomic mass is 19.4. The maximum absolute atomic E-state index is 12.5. The standard InChI is InChI=1S/C17H22F3N3O3/c1-12(13-5-3-6-14(11-13)26-2)21-16(25)23-8-4-7-22(9-10-23)15(24)17(18,19)20/h3,5-6,11-12H,4,7-10H2,1-2H3,(H,21,25)/t12-/m1/s1. The topological polar surface area (TPSA) is 61.9 Å². The quantitative estimate of drug-likeness (QED) is 0.886. The molecule has 0 saturated carbocycles. The lowest BCUT2D eigenvalue weighted by molar-refractivity contribution is -0.185. The summed E-state index contributed by atoms with van der Waals surface area (Å²) in [6.07, 6.45) is -4.60. The molecular weight excluding hydrogens is 351 g/mol. The summed E-state index contributed by atoms with van der Waals surface area (Å²) < 4.78 is 42.8. The van der Waals surface area contributed by atoms with Gasteiger partial charge >= 0.3 is 18.1 Å². The normalized spacial score (nSPS) is 16.7. The van der Waals surface area contributed by atoms with Gasteiger partial charge in [-0.3, -0.25) is 4.79 Å². The molecule has 0 unspecified atom stereocenters. The fourth-order valence-corrected chi connectivity index (χ4v) is 2.77. The van der Waals surface area contributed by atoms with E-state index in [9.17, 15) is 22.8 Å². The van der Waals surface area contributed by atoms with E-state index in [1.54, 1.807) is 19.2 Å². The monoisotopic (exact) mass is 373 g/mol. The number of hydrogen-bond acceptors (Lipinski definition) is 3. The summed E-state index contributed by atoms with van der Waals surface area (Å²) in [5.74, 6) is -1.19. The van der Waals surface area contributed by atoms with Crippen molar-refractivity contribution in [1.82, 2.24) is 15.1 Å². The van der Waals surface area contributed by atoms with Gasteiger partial charge in [-0.15, -0.1) is 0 Å². The van der Waals surface area contributed by atoms with E-state index in [1.165, 1.54) is 4.90 Å². The second-order valence-electron chi connectivity index (χ2n) is 6.08. The summed E-state index contributed by atoms with van der Waals surface area (Å²) in [6, 6.07) is 6.58. The lowest BCUT2D eigenvalue weighted by atomic mass is 10.1. The van der Waals surface area contributed by atoms with Gasteiger partial charge in [0.2, 0.25) is 0 Å². The van der Waals surface area contributed by atoms with Crippen LogP contribution >= 0.6 is 0 Å². The molecule has 1 aliphatic heterocycles. The molecule has 144 valence electrons. The zero-order chi connectivity index (χ0) is 19.3. The Kier molecular flexibility index (Phi) is 6.33. The number of nitrogens with one attached hydrogen (secondary N) is 1. The third-order valence-electron chi connectivity index (χ3n) is 4.25. The van der Waals surface area contributed by atoms with Crippen molar-refractivity contribution in [3.63, 3.8) is 0 Å². The number of nitrogens with zero attached hydrogens (tertiary/aromatic N) is 2. The molecule has 0 spiro atoms. The zero-order valence-electron chi connectivity index (χ0n) is 14.7. The first-order chi connectivity index (χ1) is 12.2. The van der Waals surface area contributed by atoms with E-state index in [2.05, 4.69) is 5.32 Å². The number of amides is 3. The van der Waals surface area contributed by atoms with E-state index in [1.807, 2.05) is 19.1 Å². The van der Waals surface area contributed by atoms with Gasteiger partial charge in [0.05, 0.1) is 13.2 Å². The average molecular weight is 373 g/mol. The van der Waals surface area contributed by atoms with Gasteiger partial charge in [-0.1, -0.05) is 12.1 Å². The van der Waals surface area contributed by atoms with E-state index in [0.29, 0.717) is 12.2 Å². The number of carbonyl (C=O) groups is 2. The van der Waals surface area contributed by atoms with Crippen LogP contribution in [0, 0.1) is 0 Å². The molecule has 1 fully saturated rings. The summed E-state index contributed by atoms with van der Waals surface area (Å²) in [6.45, 7) is 1.99. The molecule has 0 bridgehead atoms. The van der Waals surface area contributed by atoms with Crippen LogP contribution < -0.4 is 10.1 Å². The van der Waals surface area contributed by atoms with Crippen LogP contribution in [0.4, 0.5) is 18.0 Å². The van der Waals surface area contributed by atoms with Gasteiger partial charge in [-0.2, -0.15) is 13.2 Å². The van der Waals surface area contributed by atoms with Crippen LogP contribution in [0.2, 0.25) is 0 Å². The lowest BCUT2D eigenvalue weighted by Crippen LogP contribution is -2.45. The van der Waals surface area contributed by atoms with Crippen molar-refractivity contribution in [2.75, 3.05) is 33.3 Å². The number of benzene rings is 1. The first-order valence-electron chi connectivity index (χ1n) is 8.28. The van der Waals surface area contributed by atoms with Crippen LogP contribution in [0.1, 0.15) is 24.9 Å². The molecule has 1 atom stereocenters. The predicted octanol–water partition coefficient (Wildman–Crippen LogP) is 2.56. The highest BCUT2D eigenvalue weighted by Gasteiger charge is 2.42. The van der Waals surface area contributed by atoms with Crippen molar-refractivity contribution in [2.24, 2.45) is 0 Å². The van der Waals surface area contributed by atoms with Crippen molar-refractivity contribution < 1.29 is 27.5 Å². The molecule has 26 heavy (non-hydrogen) atoms.